The van der Waals surface area contributed by atoms with Crippen LogP contribution in [0.25, 0.3) is 11.1 Å². The number of oxazole rings is 1. The number of hydrogen-bond donors (Lipinski definition) is 2. The summed E-state index contributed by atoms with van der Waals surface area (Å²) in [6.07, 6.45) is 1.31. The number of fused-ring (bicyclic) bond motifs is 1. The van der Waals surface area contributed by atoms with E-state index >= 15 is 0 Å². The Kier molecular flexibility index (Phi) is 4.24. The van der Waals surface area contributed by atoms with Crippen molar-refractivity contribution in [2.24, 2.45) is 10.4 Å². The highest BCUT2D eigenvalue weighted by Gasteiger charge is 2.39. The normalized spacial score (nSPS) is 20.6. The maximum atomic E-state index is 13.1. The highest BCUT2D eigenvalue weighted by Crippen LogP contribution is 2.43. The lowest BCUT2D eigenvalue weighted by Crippen LogP contribution is -2.42. The number of hydrogen-bond acceptors (Lipinski definition) is 6. The van der Waals surface area contributed by atoms with Crippen LogP contribution in [0.2, 0.25) is 0 Å². The fourth-order valence-corrected chi connectivity index (χ4v) is 4.34. The number of anilines is 1. The van der Waals surface area contributed by atoms with Gasteiger partial charge in [0.1, 0.15) is 11.6 Å². The average Bonchev–Trinajstić information content (AvgIpc) is 3.08. The van der Waals surface area contributed by atoms with Crippen LogP contribution in [-0.4, -0.2) is 16.7 Å². The van der Waals surface area contributed by atoms with Crippen molar-refractivity contribution < 1.29 is 9.21 Å². The summed E-state index contributed by atoms with van der Waals surface area (Å²) < 4.78 is 5.81. The van der Waals surface area contributed by atoms with Crippen molar-refractivity contribution in [2.45, 2.75) is 39.7 Å². The van der Waals surface area contributed by atoms with Crippen LogP contribution in [0.5, 0.6) is 0 Å². The molecule has 0 bridgehead atoms. The topological polar surface area (TPSA) is 79.5 Å². The van der Waals surface area contributed by atoms with Crippen LogP contribution in [0.3, 0.4) is 0 Å². The number of benzene rings is 2. The molecule has 2 heterocycles. The highest BCUT2D eigenvalue weighted by molar-refractivity contribution is 6.03. The van der Waals surface area contributed by atoms with Gasteiger partial charge in [0.25, 0.3) is 0 Å². The third kappa shape index (κ3) is 3.28. The van der Waals surface area contributed by atoms with E-state index in [4.69, 9.17) is 9.41 Å². The molecule has 2 aromatic carbocycles. The average molecular weight is 400 g/mol. The SMILES string of the molecule is Cc1ccccc1C1N=C(Nc2nc3ccccc3o2)NC2=C1C(=O)CC(C)(C)C2. The van der Waals surface area contributed by atoms with E-state index in [-0.39, 0.29) is 17.2 Å². The summed E-state index contributed by atoms with van der Waals surface area (Å²) in [7, 11) is 0. The van der Waals surface area contributed by atoms with Crippen molar-refractivity contribution in [3.8, 4) is 0 Å². The highest BCUT2D eigenvalue weighted by atomic mass is 16.4. The molecule has 0 amide bonds. The first-order chi connectivity index (χ1) is 14.4. The van der Waals surface area contributed by atoms with Crippen LogP contribution >= 0.6 is 0 Å². The van der Waals surface area contributed by atoms with Crippen LogP contribution in [-0.2, 0) is 4.79 Å². The van der Waals surface area contributed by atoms with Crippen molar-refractivity contribution in [1.82, 2.24) is 10.3 Å². The third-order valence-corrected chi connectivity index (χ3v) is 5.72. The molecule has 1 aliphatic carbocycles. The number of carbonyl (C=O) groups excluding carboxylic acids is 1. The number of allylic oxidation sites excluding steroid dienone is 1. The van der Waals surface area contributed by atoms with E-state index < -0.39 is 0 Å². The van der Waals surface area contributed by atoms with Gasteiger partial charge in [-0.15, -0.1) is 0 Å². The van der Waals surface area contributed by atoms with Gasteiger partial charge in [0.2, 0.25) is 5.96 Å². The van der Waals surface area contributed by atoms with Crippen LogP contribution < -0.4 is 10.6 Å². The summed E-state index contributed by atoms with van der Waals surface area (Å²) in [5, 5.41) is 6.53. The van der Waals surface area contributed by atoms with Crippen LogP contribution in [0, 0.1) is 12.3 Å². The maximum absolute atomic E-state index is 13.1. The lowest BCUT2D eigenvalue weighted by molar-refractivity contribution is -0.118. The fraction of sp³-hybridized carbons (Fsp3) is 0.292. The van der Waals surface area contributed by atoms with Gasteiger partial charge in [0, 0.05) is 17.7 Å². The monoisotopic (exact) mass is 400 g/mol. The summed E-state index contributed by atoms with van der Waals surface area (Å²) in [6.45, 7) is 6.30. The van der Waals surface area contributed by atoms with Crippen molar-refractivity contribution >= 4 is 28.9 Å². The van der Waals surface area contributed by atoms with E-state index in [1.807, 2.05) is 42.5 Å². The molecule has 152 valence electrons. The molecule has 3 aromatic rings. The number of aliphatic imine (C=N–C) groups is 1. The Hall–Kier alpha value is -3.41. The Balaban J connectivity index is 1.56. The third-order valence-electron chi connectivity index (χ3n) is 5.72. The number of aryl methyl sites for hydroxylation is 1. The van der Waals surface area contributed by atoms with Gasteiger partial charge in [0.05, 0.1) is 0 Å². The first kappa shape index (κ1) is 18.6. The Morgan fingerprint density at radius 3 is 2.67 bits per heavy atom. The second-order valence-corrected chi connectivity index (χ2v) is 8.81. The lowest BCUT2D eigenvalue weighted by Gasteiger charge is -2.37. The molecule has 1 aromatic heterocycles. The predicted molar refractivity (Wildman–Crippen MR) is 117 cm³/mol. The predicted octanol–water partition coefficient (Wildman–Crippen LogP) is 4.89. The fourth-order valence-electron chi connectivity index (χ4n) is 4.34. The number of aromatic nitrogens is 1. The molecular weight excluding hydrogens is 376 g/mol. The summed E-state index contributed by atoms with van der Waals surface area (Å²) >= 11 is 0. The minimum atomic E-state index is -0.349. The number of Topliss-reactive ketones (excluding diaryl/α,β-unsaturated/α-hetero) is 1. The quantitative estimate of drug-likeness (QED) is 0.640. The number of ketones is 1. The largest absolute Gasteiger partial charge is 0.423 e. The van der Waals surface area contributed by atoms with Crippen LogP contribution in [0.15, 0.2) is 69.2 Å². The Labute approximate surface area is 175 Å². The van der Waals surface area contributed by atoms with E-state index in [0.717, 1.165) is 34.3 Å². The van der Waals surface area contributed by atoms with E-state index in [1.54, 1.807) is 0 Å². The molecule has 5 rings (SSSR count). The summed E-state index contributed by atoms with van der Waals surface area (Å²) in [4.78, 5) is 22.5. The van der Waals surface area contributed by atoms with Gasteiger partial charge < -0.3 is 9.73 Å². The minimum absolute atomic E-state index is 0.0980. The Bertz CT molecular complexity index is 1190. The lowest BCUT2D eigenvalue weighted by atomic mass is 9.73. The molecule has 1 unspecified atom stereocenters. The molecule has 0 spiro atoms. The van der Waals surface area contributed by atoms with Gasteiger partial charge in [-0.2, -0.15) is 4.98 Å². The van der Waals surface area contributed by atoms with Gasteiger partial charge in [-0.05, 0) is 42.0 Å². The zero-order valence-electron chi connectivity index (χ0n) is 17.3. The smallest absolute Gasteiger partial charge is 0.302 e. The number of nitrogens with one attached hydrogen (secondary N) is 2. The maximum Gasteiger partial charge on any atom is 0.302 e. The van der Waals surface area contributed by atoms with Crippen molar-refractivity contribution in [2.75, 3.05) is 5.32 Å². The zero-order valence-corrected chi connectivity index (χ0v) is 17.3. The molecule has 30 heavy (non-hydrogen) atoms. The van der Waals surface area contributed by atoms with Gasteiger partial charge >= 0.3 is 6.01 Å². The molecule has 0 radical (unpaired) electrons. The molecule has 0 fully saturated rings. The summed E-state index contributed by atoms with van der Waals surface area (Å²) in [5.74, 6) is 0.700. The number of para-hydroxylation sites is 2. The molecule has 0 saturated heterocycles. The van der Waals surface area contributed by atoms with Gasteiger partial charge in [-0.3, -0.25) is 10.1 Å². The Morgan fingerprint density at radius 1 is 1.10 bits per heavy atom. The second kappa shape index (κ2) is 6.83. The molecule has 6 nitrogen and oxygen atoms in total. The van der Waals surface area contributed by atoms with Gasteiger partial charge in [0.15, 0.2) is 11.4 Å². The van der Waals surface area contributed by atoms with Crippen molar-refractivity contribution in [3.05, 3.63) is 70.9 Å². The first-order valence-corrected chi connectivity index (χ1v) is 10.2. The zero-order chi connectivity index (χ0) is 20.9. The number of rotatable bonds is 2. The first-order valence-electron chi connectivity index (χ1n) is 10.2. The van der Waals surface area contributed by atoms with E-state index in [9.17, 15) is 4.79 Å². The van der Waals surface area contributed by atoms with E-state index in [0.29, 0.717) is 24.0 Å². The summed E-state index contributed by atoms with van der Waals surface area (Å²) in [5.41, 5.74) is 5.24. The van der Waals surface area contributed by atoms with Crippen LogP contribution in [0.1, 0.15) is 43.9 Å². The van der Waals surface area contributed by atoms with E-state index in [2.05, 4.69) is 42.5 Å². The van der Waals surface area contributed by atoms with Gasteiger partial charge in [-0.25, -0.2) is 4.99 Å². The molecule has 2 N–H and O–H groups in total. The molecular formula is C24H24N4O2. The van der Waals surface area contributed by atoms with Crippen molar-refractivity contribution in [1.29, 1.82) is 0 Å². The summed E-state index contributed by atoms with van der Waals surface area (Å²) in [6, 6.07) is 15.7. The van der Waals surface area contributed by atoms with Crippen molar-refractivity contribution in [3.63, 3.8) is 0 Å². The number of carbonyl (C=O) groups is 1. The number of nitrogens with zero attached hydrogens (tertiary/aromatic N) is 2. The standard InChI is InChI=1S/C24H24N4O2/c1-14-8-4-5-9-15(14)21-20-17(12-24(2,3)13-18(20)29)25-22(27-21)28-23-26-16-10-6-7-11-19(16)30-23/h4-11,21H,12-13H2,1-3H3,(H2,25,26,27,28). The molecule has 6 heteroatoms. The molecule has 1 atom stereocenters. The second-order valence-electron chi connectivity index (χ2n) is 8.81. The Morgan fingerprint density at radius 2 is 1.87 bits per heavy atom. The van der Waals surface area contributed by atoms with Gasteiger partial charge in [-0.1, -0.05) is 50.2 Å². The van der Waals surface area contributed by atoms with Crippen LogP contribution in [0.4, 0.5) is 6.01 Å². The van der Waals surface area contributed by atoms with E-state index in [1.165, 1.54) is 0 Å². The molecule has 2 aliphatic rings. The minimum Gasteiger partial charge on any atom is -0.423 e. The number of guanidine groups is 1. The molecule has 0 saturated carbocycles. The molecule has 1 aliphatic heterocycles.